The van der Waals surface area contributed by atoms with Crippen molar-refractivity contribution in [2.45, 2.75) is 47.0 Å². The number of rotatable bonds is 10. The second-order valence-corrected chi connectivity index (χ2v) is 9.94. The third kappa shape index (κ3) is 6.00. The predicted octanol–water partition coefficient (Wildman–Crippen LogP) is 7.08. The second-order valence-electron chi connectivity index (χ2n) is 8.93. The van der Waals surface area contributed by atoms with E-state index < -0.39 is 0 Å². The minimum atomic E-state index is -0.0283. The Morgan fingerprint density at radius 1 is 1.03 bits per heavy atom. The molecule has 0 bridgehead atoms. The van der Waals surface area contributed by atoms with Gasteiger partial charge in [0.05, 0.1) is 23.7 Å². The monoisotopic (exact) mass is 501 g/mol. The minimum absolute atomic E-state index is 0.0283. The summed E-state index contributed by atoms with van der Waals surface area (Å²) in [6, 6.07) is 20.7. The molecule has 36 heavy (non-hydrogen) atoms. The molecule has 1 aromatic heterocycles. The van der Waals surface area contributed by atoms with E-state index >= 15 is 0 Å². The van der Waals surface area contributed by atoms with Gasteiger partial charge in [0.1, 0.15) is 0 Å². The standard InChI is InChI=1S/C30H35N3O2S/c1-5-7-11-24-14-16-27(17-15-24)33-22(3)20-25(23(33)4)21-28-29(34)32(18-19-35-6-2)30(36-28)31-26-12-9-8-10-13-26/h8-10,12-17,20-21H,5-7,11,18-19H2,1-4H3/b28-21-,31-30?. The molecule has 1 amide bonds. The lowest BCUT2D eigenvalue weighted by molar-refractivity contribution is -0.122. The van der Waals surface area contributed by atoms with Crippen LogP contribution in [0, 0.1) is 13.8 Å². The van der Waals surface area contributed by atoms with Crippen LogP contribution >= 0.6 is 11.8 Å². The molecule has 0 atom stereocenters. The van der Waals surface area contributed by atoms with E-state index in [0.717, 1.165) is 34.7 Å². The summed E-state index contributed by atoms with van der Waals surface area (Å²) < 4.78 is 7.79. The van der Waals surface area contributed by atoms with Crippen LogP contribution in [0.5, 0.6) is 0 Å². The van der Waals surface area contributed by atoms with Gasteiger partial charge < -0.3 is 9.30 Å². The number of aromatic nitrogens is 1. The van der Waals surface area contributed by atoms with Crippen LogP contribution in [0.1, 0.15) is 49.2 Å². The smallest absolute Gasteiger partial charge is 0.266 e. The number of carbonyl (C=O) groups excluding carboxylic acids is 1. The molecular formula is C30H35N3O2S. The maximum Gasteiger partial charge on any atom is 0.266 e. The van der Waals surface area contributed by atoms with Gasteiger partial charge in [-0.3, -0.25) is 9.69 Å². The van der Waals surface area contributed by atoms with Crippen LogP contribution in [0.2, 0.25) is 0 Å². The highest BCUT2D eigenvalue weighted by Crippen LogP contribution is 2.35. The summed E-state index contributed by atoms with van der Waals surface area (Å²) in [6.45, 7) is 9.98. The summed E-state index contributed by atoms with van der Waals surface area (Å²) in [6.07, 6.45) is 5.53. The van der Waals surface area contributed by atoms with Gasteiger partial charge >= 0.3 is 0 Å². The summed E-state index contributed by atoms with van der Waals surface area (Å²) in [7, 11) is 0. The van der Waals surface area contributed by atoms with Crippen LogP contribution in [0.3, 0.4) is 0 Å². The SMILES string of the molecule is CCCCc1ccc(-n2c(C)cc(/C=C3\SC(=Nc4ccccc4)N(CCOCC)C3=O)c2C)cc1. The molecule has 0 saturated carbocycles. The van der Waals surface area contributed by atoms with Crippen LogP contribution < -0.4 is 0 Å². The Kier molecular flexibility index (Phi) is 8.83. The van der Waals surface area contributed by atoms with Crippen molar-refractivity contribution in [2.24, 2.45) is 4.99 Å². The van der Waals surface area contributed by atoms with Crippen molar-refractivity contribution in [1.29, 1.82) is 0 Å². The van der Waals surface area contributed by atoms with Crippen LogP contribution in [0.25, 0.3) is 11.8 Å². The number of ether oxygens (including phenoxy) is 1. The fourth-order valence-electron chi connectivity index (χ4n) is 4.37. The highest BCUT2D eigenvalue weighted by Gasteiger charge is 2.33. The number of carbonyl (C=O) groups is 1. The highest BCUT2D eigenvalue weighted by atomic mass is 32.2. The van der Waals surface area contributed by atoms with Crippen molar-refractivity contribution in [1.82, 2.24) is 9.47 Å². The van der Waals surface area contributed by atoms with E-state index in [1.165, 1.54) is 30.2 Å². The Balaban J connectivity index is 1.62. The number of aliphatic imine (C=N–C) groups is 1. The quantitative estimate of drug-likeness (QED) is 0.220. The van der Waals surface area contributed by atoms with Crippen molar-refractivity contribution in [3.63, 3.8) is 0 Å². The molecule has 1 fully saturated rings. The molecule has 0 spiro atoms. The van der Waals surface area contributed by atoms with Crippen LogP contribution in [-0.4, -0.2) is 40.3 Å². The topological polar surface area (TPSA) is 46.8 Å². The first-order chi connectivity index (χ1) is 17.5. The number of para-hydroxylation sites is 1. The van der Waals surface area contributed by atoms with Gasteiger partial charge in [0.15, 0.2) is 5.17 Å². The summed E-state index contributed by atoms with van der Waals surface area (Å²) in [5.41, 5.74) is 6.65. The van der Waals surface area contributed by atoms with Crippen LogP contribution in [0.4, 0.5) is 5.69 Å². The number of benzene rings is 2. The molecule has 0 unspecified atom stereocenters. The van der Waals surface area contributed by atoms with Gasteiger partial charge in [-0.1, -0.05) is 43.7 Å². The summed E-state index contributed by atoms with van der Waals surface area (Å²) in [5, 5.41) is 0.689. The molecule has 0 radical (unpaired) electrons. The highest BCUT2D eigenvalue weighted by molar-refractivity contribution is 8.18. The maximum absolute atomic E-state index is 13.4. The fraction of sp³-hybridized carbons (Fsp3) is 0.333. The van der Waals surface area contributed by atoms with Gasteiger partial charge in [0.25, 0.3) is 5.91 Å². The molecule has 1 aliphatic heterocycles. The number of hydrogen-bond donors (Lipinski definition) is 0. The van der Waals surface area contributed by atoms with Gasteiger partial charge in [0.2, 0.25) is 0 Å². The average molecular weight is 502 g/mol. The van der Waals surface area contributed by atoms with Gasteiger partial charge in [-0.2, -0.15) is 0 Å². The van der Waals surface area contributed by atoms with Gasteiger partial charge in [0, 0.05) is 23.7 Å². The predicted molar refractivity (Wildman–Crippen MR) is 151 cm³/mol. The van der Waals surface area contributed by atoms with E-state index in [2.05, 4.69) is 55.7 Å². The number of amides is 1. The molecule has 0 N–H and O–H groups in total. The molecule has 1 aliphatic rings. The Morgan fingerprint density at radius 3 is 2.47 bits per heavy atom. The first-order valence-electron chi connectivity index (χ1n) is 12.7. The molecule has 5 nitrogen and oxygen atoms in total. The average Bonchev–Trinajstić information content (AvgIpc) is 3.33. The summed E-state index contributed by atoms with van der Waals surface area (Å²) >= 11 is 1.43. The Labute approximate surface area is 218 Å². The molecule has 1 saturated heterocycles. The molecule has 0 aliphatic carbocycles. The van der Waals surface area contributed by atoms with Gasteiger partial charge in [-0.15, -0.1) is 0 Å². The number of unbranched alkanes of at least 4 members (excludes halogenated alkanes) is 1. The molecule has 2 aromatic carbocycles. The normalized spacial score (nSPS) is 16.0. The first kappa shape index (κ1) is 26.0. The lowest BCUT2D eigenvalue weighted by Crippen LogP contribution is -2.32. The molecule has 2 heterocycles. The van der Waals surface area contributed by atoms with Crippen molar-refractivity contribution in [2.75, 3.05) is 19.8 Å². The Morgan fingerprint density at radius 2 is 1.78 bits per heavy atom. The minimum Gasteiger partial charge on any atom is -0.380 e. The number of aryl methyl sites for hydroxylation is 2. The van der Waals surface area contributed by atoms with Crippen LogP contribution in [0.15, 0.2) is 70.6 Å². The molecule has 6 heteroatoms. The van der Waals surface area contributed by atoms with E-state index in [-0.39, 0.29) is 5.91 Å². The van der Waals surface area contributed by atoms with E-state index in [1.54, 1.807) is 4.90 Å². The van der Waals surface area contributed by atoms with Gasteiger partial charge in [-0.05, 0) is 92.9 Å². The number of thioether (sulfide) groups is 1. The molecule has 4 rings (SSSR count). The second kappa shape index (κ2) is 12.2. The van der Waals surface area contributed by atoms with E-state index in [4.69, 9.17) is 9.73 Å². The zero-order valence-corrected chi connectivity index (χ0v) is 22.5. The third-order valence-electron chi connectivity index (χ3n) is 6.30. The van der Waals surface area contributed by atoms with E-state index in [9.17, 15) is 4.79 Å². The van der Waals surface area contributed by atoms with Gasteiger partial charge in [-0.25, -0.2) is 4.99 Å². The lowest BCUT2D eigenvalue weighted by Gasteiger charge is -2.15. The van der Waals surface area contributed by atoms with Crippen molar-refractivity contribution in [3.05, 3.63) is 88.1 Å². The van der Waals surface area contributed by atoms with Crippen molar-refractivity contribution < 1.29 is 9.53 Å². The Bertz CT molecular complexity index is 1240. The van der Waals surface area contributed by atoms with Crippen molar-refractivity contribution in [3.8, 4) is 5.69 Å². The number of hydrogen-bond acceptors (Lipinski definition) is 4. The van der Waals surface area contributed by atoms with Crippen LogP contribution in [-0.2, 0) is 16.0 Å². The fourth-order valence-corrected chi connectivity index (χ4v) is 5.38. The lowest BCUT2D eigenvalue weighted by atomic mass is 10.1. The summed E-state index contributed by atoms with van der Waals surface area (Å²) in [5.74, 6) is -0.0283. The number of nitrogens with zero attached hydrogens (tertiary/aromatic N) is 3. The van der Waals surface area contributed by atoms with E-state index in [1.807, 2.05) is 43.3 Å². The molecular weight excluding hydrogens is 466 g/mol. The van der Waals surface area contributed by atoms with E-state index in [0.29, 0.717) is 29.8 Å². The zero-order valence-electron chi connectivity index (χ0n) is 21.7. The zero-order chi connectivity index (χ0) is 25.5. The first-order valence-corrected chi connectivity index (χ1v) is 13.5. The maximum atomic E-state index is 13.4. The number of amidine groups is 1. The van der Waals surface area contributed by atoms with Crippen molar-refractivity contribution >= 4 is 34.6 Å². The molecule has 3 aromatic rings. The summed E-state index contributed by atoms with van der Waals surface area (Å²) in [4.78, 5) is 20.6. The Hall–Kier alpha value is -3.09. The molecule has 188 valence electrons. The largest absolute Gasteiger partial charge is 0.380 e. The third-order valence-corrected chi connectivity index (χ3v) is 7.31.